The molecule has 1 aliphatic heterocycles. The number of nitrogens with one attached hydrogen (secondary N) is 2. The molecule has 2 aromatic carbocycles. The smallest absolute Gasteiger partial charge is 0.241 e. The standard InChI is InChI=1S/C21H22N6OS/c22-21(29)26-25-20(28)15-10-12-27(13-11-15)19-16-8-4-5-9-17(16)23-18(24-19)14-6-2-1-3-7-14/h1-9,15H,10-13H2,(H,25,28)(H3,22,26,29). The van der Waals surface area contributed by atoms with Gasteiger partial charge in [-0.05, 0) is 37.2 Å². The van der Waals surface area contributed by atoms with Gasteiger partial charge in [0.2, 0.25) is 5.91 Å². The number of hydrogen-bond donors (Lipinski definition) is 3. The number of para-hydroxylation sites is 1. The minimum Gasteiger partial charge on any atom is -0.375 e. The number of carbonyl (C=O) groups is 1. The Bertz CT molecular complexity index is 1030. The predicted molar refractivity (Wildman–Crippen MR) is 118 cm³/mol. The van der Waals surface area contributed by atoms with Crippen LogP contribution >= 0.6 is 12.2 Å². The van der Waals surface area contributed by atoms with Crippen molar-refractivity contribution in [2.45, 2.75) is 12.8 Å². The zero-order chi connectivity index (χ0) is 20.2. The van der Waals surface area contributed by atoms with Crippen molar-refractivity contribution >= 4 is 40.0 Å². The Labute approximate surface area is 174 Å². The number of carbonyl (C=O) groups excluding carboxylic acids is 1. The Morgan fingerprint density at radius 1 is 1.00 bits per heavy atom. The first-order chi connectivity index (χ1) is 14.1. The zero-order valence-electron chi connectivity index (χ0n) is 15.8. The third kappa shape index (κ3) is 4.27. The SMILES string of the molecule is NC(=S)NNC(=O)C1CCN(c2nc(-c3ccccc3)nc3ccccc23)CC1. The predicted octanol–water partition coefficient (Wildman–Crippen LogP) is 2.38. The number of hydrazine groups is 1. The number of thiocarbonyl (C=S) groups is 1. The third-order valence-corrected chi connectivity index (χ3v) is 5.19. The summed E-state index contributed by atoms with van der Waals surface area (Å²) in [6.45, 7) is 1.47. The summed E-state index contributed by atoms with van der Waals surface area (Å²) in [4.78, 5) is 24.1. The van der Waals surface area contributed by atoms with Crippen LogP contribution in [0.1, 0.15) is 12.8 Å². The van der Waals surface area contributed by atoms with Crippen molar-refractivity contribution in [1.29, 1.82) is 0 Å². The number of amides is 1. The molecule has 0 aliphatic carbocycles. The van der Waals surface area contributed by atoms with E-state index in [-0.39, 0.29) is 16.9 Å². The second-order valence-corrected chi connectivity index (χ2v) is 7.43. The molecule has 8 heteroatoms. The highest BCUT2D eigenvalue weighted by atomic mass is 32.1. The molecule has 29 heavy (non-hydrogen) atoms. The molecule has 1 aromatic heterocycles. The largest absolute Gasteiger partial charge is 0.375 e. The van der Waals surface area contributed by atoms with E-state index >= 15 is 0 Å². The highest BCUT2D eigenvalue weighted by Crippen LogP contribution is 2.30. The Balaban J connectivity index is 1.58. The topological polar surface area (TPSA) is 96.2 Å². The molecule has 1 fully saturated rings. The lowest BCUT2D eigenvalue weighted by Gasteiger charge is -2.33. The second-order valence-electron chi connectivity index (χ2n) is 6.99. The van der Waals surface area contributed by atoms with Crippen LogP contribution in [0.4, 0.5) is 5.82 Å². The highest BCUT2D eigenvalue weighted by Gasteiger charge is 2.27. The van der Waals surface area contributed by atoms with Crippen LogP contribution in [0.3, 0.4) is 0 Å². The van der Waals surface area contributed by atoms with E-state index in [1.165, 1.54) is 0 Å². The molecule has 1 aliphatic rings. The lowest BCUT2D eigenvalue weighted by molar-refractivity contribution is -0.126. The molecule has 2 heterocycles. The molecule has 7 nitrogen and oxygen atoms in total. The maximum Gasteiger partial charge on any atom is 0.241 e. The van der Waals surface area contributed by atoms with E-state index in [0.29, 0.717) is 5.82 Å². The van der Waals surface area contributed by atoms with Crippen LogP contribution in [0.2, 0.25) is 0 Å². The summed E-state index contributed by atoms with van der Waals surface area (Å²) in [5.41, 5.74) is 12.3. The van der Waals surface area contributed by atoms with Gasteiger partial charge in [0.15, 0.2) is 10.9 Å². The van der Waals surface area contributed by atoms with Crippen LogP contribution in [-0.2, 0) is 4.79 Å². The molecular formula is C21H22N6OS. The second kappa shape index (κ2) is 8.40. The van der Waals surface area contributed by atoms with Crippen molar-refractivity contribution in [3.05, 3.63) is 54.6 Å². The van der Waals surface area contributed by atoms with E-state index in [1.54, 1.807) is 0 Å². The fraction of sp³-hybridized carbons (Fsp3) is 0.238. The summed E-state index contributed by atoms with van der Waals surface area (Å²) >= 11 is 4.72. The van der Waals surface area contributed by atoms with Gasteiger partial charge in [-0.15, -0.1) is 0 Å². The Morgan fingerprint density at radius 2 is 1.69 bits per heavy atom. The number of rotatable bonds is 3. The first-order valence-electron chi connectivity index (χ1n) is 9.54. The van der Waals surface area contributed by atoms with Crippen LogP contribution in [0.15, 0.2) is 54.6 Å². The molecule has 0 bridgehead atoms. The summed E-state index contributed by atoms with van der Waals surface area (Å²) in [7, 11) is 0. The molecule has 0 unspecified atom stereocenters. The van der Waals surface area contributed by atoms with Crippen LogP contribution in [-0.4, -0.2) is 34.1 Å². The molecule has 0 spiro atoms. The van der Waals surface area contributed by atoms with Crippen LogP contribution in [0.5, 0.6) is 0 Å². The molecule has 1 saturated heterocycles. The van der Waals surface area contributed by atoms with Gasteiger partial charge in [-0.1, -0.05) is 42.5 Å². The summed E-state index contributed by atoms with van der Waals surface area (Å²) in [6, 6.07) is 18.0. The van der Waals surface area contributed by atoms with Gasteiger partial charge in [0.1, 0.15) is 5.82 Å². The molecule has 3 aromatic rings. The molecule has 0 radical (unpaired) electrons. The Morgan fingerprint density at radius 3 is 2.41 bits per heavy atom. The van der Waals surface area contributed by atoms with E-state index in [9.17, 15) is 4.79 Å². The summed E-state index contributed by atoms with van der Waals surface area (Å²) < 4.78 is 0. The van der Waals surface area contributed by atoms with Gasteiger partial charge < -0.3 is 10.6 Å². The first-order valence-corrected chi connectivity index (χ1v) is 9.95. The molecule has 4 rings (SSSR count). The van der Waals surface area contributed by atoms with Gasteiger partial charge in [0.25, 0.3) is 0 Å². The number of nitrogens with two attached hydrogens (primary N) is 1. The van der Waals surface area contributed by atoms with Crippen LogP contribution in [0, 0.1) is 5.92 Å². The van der Waals surface area contributed by atoms with E-state index in [1.807, 2.05) is 54.6 Å². The maximum absolute atomic E-state index is 12.3. The monoisotopic (exact) mass is 406 g/mol. The molecule has 4 N–H and O–H groups in total. The number of aromatic nitrogens is 2. The van der Waals surface area contributed by atoms with E-state index < -0.39 is 0 Å². The van der Waals surface area contributed by atoms with Crippen LogP contribution < -0.4 is 21.5 Å². The zero-order valence-corrected chi connectivity index (χ0v) is 16.7. The number of hydrogen-bond acceptors (Lipinski definition) is 5. The summed E-state index contributed by atoms with van der Waals surface area (Å²) in [6.07, 6.45) is 1.45. The Kier molecular flexibility index (Phi) is 5.53. The molecular weight excluding hydrogens is 384 g/mol. The summed E-state index contributed by atoms with van der Waals surface area (Å²) in [5.74, 6) is 1.44. The molecule has 0 saturated carbocycles. The maximum atomic E-state index is 12.3. The number of fused-ring (bicyclic) bond motifs is 1. The van der Waals surface area contributed by atoms with E-state index in [2.05, 4.69) is 15.8 Å². The van der Waals surface area contributed by atoms with Gasteiger partial charge in [-0.2, -0.15) is 0 Å². The van der Waals surface area contributed by atoms with Gasteiger partial charge in [0.05, 0.1) is 5.52 Å². The number of anilines is 1. The fourth-order valence-corrected chi connectivity index (χ4v) is 3.65. The number of nitrogens with zero attached hydrogens (tertiary/aromatic N) is 3. The number of piperidine rings is 1. The first kappa shape index (κ1) is 19.1. The average Bonchev–Trinajstić information content (AvgIpc) is 2.77. The average molecular weight is 407 g/mol. The normalized spacial score (nSPS) is 14.6. The third-order valence-electron chi connectivity index (χ3n) is 5.09. The van der Waals surface area contributed by atoms with Gasteiger partial charge >= 0.3 is 0 Å². The lowest BCUT2D eigenvalue weighted by Crippen LogP contribution is -2.49. The van der Waals surface area contributed by atoms with Crippen molar-refractivity contribution in [2.75, 3.05) is 18.0 Å². The van der Waals surface area contributed by atoms with Crippen molar-refractivity contribution < 1.29 is 4.79 Å². The Hall–Kier alpha value is -3.26. The molecule has 0 atom stereocenters. The number of benzene rings is 2. The lowest BCUT2D eigenvalue weighted by atomic mass is 9.96. The minimum absolute atomic E-state index is 0.0525. The summed E-state index contributed by atoms with van der Waals surface area (Å²) in [5, 5.41) is 1.07. The minimum atomic E-state index is -0.0882. The van der Waals surface area contributed by atoms with Crippen molar-refractivity contribution in [3.8, 4) is 11.4 Å². The van der Waals surface area contributed by atoms with Gasteiger partial charge in [-0.3, -0.25) is 15.6 Å². The van der Waals surface area contributed by atoms with Crippen molar-refractivity contribution in [2.24, 2.45) is 11.7 Å². The van der Waals surface area contributed by atoms with Crippen LogP contribution in [0.25, 0.3) is 22.3 Å². The van der Waals surface area contributed by atoms with E-state index in [0.717, 1.165) is 48.2 Å². The van der Waals surface area contributed by atoms with Gasteiger partial charge in [0, 0.05) is 30.0 Å². The van der Waals surface area contributed by atoms with Crippen molar-refractivity contribution in [1.82, 2.24) is 20.8 Å². The molecule has 1 amide bonds. The highest BCUT2D eigenvalue weighted by molar-refractivity contribution is 7.80. The quantitative estimate of drug-likeness (QED) is 0.454. The molecule has 148 valence electrons. The van der Waals surface area contributed by atoms with Crippen molar-refractivity contribution in [3.63, 3.8) is 0 Å². The fourth-order valence-electron chi connectivity index (χ4n) is 3.60. The van der Waals surface area contributed by atoms with E-state index in [4.69, 9.17) is 27.9 Å². The van der Waals surface area contributed by atoms with Gasteiger partial charge in [-0.25, -0.2) is 9.97 Å².